The van der Waals surface area contributed by atoms with Crippen molar-refractivity contribution in [3.63, 3.8) is 0 Å². The molecule has 0 radical (unpaired) electrons. The number of thiocarbonyl (C=S) groups is 1. The van der Waals surface area contributed by atoms with Crippen LogP contribution >= 0.6 is 23.8 Å². The van der Waals surface area contributed by atoms with Crippen LogP contribution in [0.2, 0.25) is 5.02 Å². The van der Waals surface area contributed by atoms with Crippen LogP contribution < -0.4 is 15.0 Å². The molecule has 0 unspecified atom stereocenters. The van der Waals surface area contributed by atoms with E-state index < -0.39 is 0 Å². The van der Waals surface area contributed by atoms with Crippen LogP contribution in [-0.4, -0.2) is 21.8 Å². The van der Waals surface area contributed by atoms with Crippen LogP contribution in [0.5, 0.6) is 5.75 Å². The Kier molecular flexibility index (Phi) is 5.00. The lowest BCUT2D eigenvalue weighted by Gasteiger charge is -2.28. The molecular formula is C21H21ClN4OS. The highest BCUT2D eigenvalue weighted by atomic mass is 35.5. The second kappa shape index (κ2) is 7.45. The van der Waals surface area contributed by atoms with Gasteiger partial charge in [-0.1, -0.05) is 17.7 Å². The Hall–Kier alpha value is -2.57. The predicted molar refractivity (Wildman–Crippen MR) is 116 cm³/mol. The molecule has 1 N–H and O–H groups in total. The van der Waals surface area contributed by atoms with Crippen molar-refractivity contribution >= 4 is 34.6 Å². The van der Waals surface area contributed by atoms with E-state index in [1.165, 1.54) is 5.69 Å². The van der Waals surface area contributed by atoms with Gasteiger partial charge in [-0.3, -0.25) is 4.98 Å². The van der Waals surface area contributed by atoms with E-state index >= 15 is 0 Å². The van der Waals surface area contributed by atoms with E-state index in [0.29, 0.717) is 15.9 Å². The van der Waals surface area contributed by atoms with Crippen LogP contribution in [0.15, 0.2) is 54.7 Å². The van der Waals surface area contributed by atoms with E-state index in [1.807, 2.05) is 36.4 Å². The fourth-order valence-electron chi connectivity index (χ4n) is 3.67. The second-order valence-corrected chi connectivity index (χ2v) is 7.57. The largest absolute Gasteiger partial charge is 0.495 e. The van der Waals surface area contributed by atoms with Gasteiger partial charge in [0.05, 0.1) is 23.9 Å². The highest BCUT2D eigenvalue weighted by molar-refractivity contribution is 7.80. The summed E-state index contributed by atoms with van der Waals surface area (Å²) in [6.45, 7) is 2.09. The number of rotatable bonds is 4. The van der Waals surface area contributed by atoms with Gasteiger partial charge >= 0.3 is 0 Å². The van der Waals surface area contributed by atoms with Crippen LogP contribution in [0.1, 0.15) is 29.2 Å². The normalized spacial score (nSPS) is 19.0. The molecule has 0 spiro atoms. The molecule has 1 aliphatic rings. The first-order chi connectivity index (χ1) is 13.5. The van der Waals surface area contributed by atoms with Gasteiger partial charge in [0.25, 0.3) is 0 Å². The number of nitrogens with one attached hydrogen (secondary N) is 1. The number of nitrogens with zero attached hydrogens (tertiary/aromatic N) is 3. The van der Waals surface area contributed by atoms with Crippen molar-refractivity contribution in [1.29, 1.82) is 0 Å². The van der Waals surface area contributed by atoms with Gasteiger partial charge in [0.2, 0.25) is 0 Å². The number of methoxy groups -OCH3 is 1. The van der Waals surface area contributed by atoms with Gasteiger partial charge in [0, 0.05) is 30.3 Å². The van der Waals surface area contributed by atoms with Crippen LogP contribution in [0.3, 0.4) is 0 Å². The number of ether oxygens (including phenoxy) is 1. The number of anilines is 1. The number of benzene rings is 1. The molecule has 0 saturated carbocycles. The van der Waals surface area contributed by atoms with Gasteiger partial charge in [0.1, 0.15) is 11.8 Å². The SMILES string of the molecule is COc1ccc(N2C(=S)N[C@H](c3ccccn3)[C@H]2c2ccc(C)n2C)cc1Cl. The molecule has 1 aromatic carbocycles. The molecule has 7 heteroatoms. The molecule has 0 bridgehead atoms. The zero-order valence-electron chi connectivity index (χ0n) is 15.9. The monoisotopic (exact) mass is 412 g/mol. The third kappa shape index (κ3) is 3.12. The second-order valence-electron chi connectivity index (χ2n) is 6.77. The lowest BCUT2D eigenvalue weighted by Crippen LogP contribution is -2.30. The van der Waals surface area contributed by atoms with Crippen LogP contribution in [0, 0.1) is 6.92 Å². The lowest BCUT2D eigenvalue weighted by atomic mass is 10.0. The zero-order chi connectivity index (χ0) is 19.8. The summed E-state index contributed by atoms with van der Waals surface area (Å²) < 4.78 is 7.49. The van der Waals surface area contributed by atoms with Crippen LogP contribution in [0.25, 0.3) is 0 Å². The Bertz CT molecular complexity index is 1020. The summed E-state index contributed by atoms with van der Waals surface area (Å²) in [6.07, 6.45) is 1.81. The van der Waals surface area contributed by atoms with E-state index in [0.717, 1.165) is 17.1 Å². The third-order valence-corrected chi connectivity index (χ3v) is 5.84. The molecule has 1 aliphatic heterocycles. The Morgan fingerprint density at radius 2 is 2.00 bits per heavy atom. The quantitative estimate of drug-likeness (QED) is 0.636. The maximum Gasteiger partial charge on any atom is 0.174 e. The summed E-state index contributed by atoms with van der Waals surface area (Å²) in [5.41, 5.74) is 4.18. The standard InChI is InChI=1S/C21H21ClN4OS/c1-13-7-9-17(25(13)2)20-19(16-6-4-5-11-23-16)24-21(28)26(20)14-8-10-18(27-3)15(22)12-14/h4-12,19-20H,1-3H3,(H,24,28)/t19-,20-/m1/s1. The molecule has 0 aliphatic carbocycles. The smallest absolute Gasteiger partial charge is 0.174 e. The van der Waals surface area contributed by atoms with Crippen molar-refractivity contribution < 1.29 is 4.74 Å². The van der Waals surface area contributed by atoms with Crippen molar-refractivity contribution in [2.45, 2.75) is 19.0 Å². The van der Waals surface area contributed by atoms with Crippen LogP contribution in [-0.2, 0) is 7.05 Å². The molecule has 5 nitrogen and oxygen atoms in total. The summed E-state index contributed by atoms with van der Waals surface area (Å²) in [6, 6.07) is 15.8. The van der Waals surface area contributed by atoms with Crippen molar-refractivity contribution in [2.24, 2.45) is 7.05 Å². The Balaban J connectivity index is 1.85. The Morgan fingerprint density at radius 1 is 1.18 bits per heavy atom. The zero-order valence-corrected chi connectivity index (χ0v) is 17.5. The predicted octanol–water partition coefficient (Wildman–Crippen LogP) is 4.57. The molecule has 2 atom stereocenters. The molecular weight excluding hydrogens is 392 g/mol. The number of pyridine rings is 1. The average molecular weight is 413 g/mol. The summed E-state index contributed by atoms with van der Waals surface area (Å²) in [5, 5.41) is 4.65. The molecule has 1 saturated heterocycles. The van der Waals surface area contributed by atoms with Crippen molar-refractivity contribution in [1.82, 2.24) is 14.9 Å². The van der Waals surface area contributed by atoms with E-state index in [2.05, 4.69) is 45.9 Å². The highest BCUT2D eigenvalue weighted by Crippen LogP contribution is 2.43. The Labute approximate surface area is 174 Å². The van der Waals surface area contributed by atoms with Gasteiger partial charge in [-0.2, -0.15) is 0 Å². The first-order valence-electron chi connectivity index (χ1n) is 8.97. The minimum Gasteiger partial charge on any atom is -0.495 e. The van der Waals surface area contributed by atoms with Gasteiger partial charge in [-0.05, 0) is 61.6 Å². The fraction of sp³-hybridized carbons (Fsp3) is 0.238. The number of halogens is 1. The minimum absolute atomic E-state index is 0.0643. The summed E-state index contributed by atoms with van der Waals surface area (Å²) in [4.78, 5) is 6.68. The summed E-state index contributed by atoms with van der Waals surface area (Å²) >= 11 is 12.1. The van der Waals surface area contributed by atoms with E-state index in [9.17, 15) is 0 Å². The molecule has 28 heavy (non-hydrogen) atoms. The van der Waals surface area contributed by atoms with Gasteiger partial charge < -0.3 is 19.5 Å². The number of hydrogen-bond donors (Lipinski definition) is 1. The fourth-order valence-corrected chi connectivity index (χ4v) is 4.27. The van der Waals surface area contributed by atoms with Crippen molar-refractivity contribution in [2.75, 3.05) is 12.0 Å². The molecule has 144 valence electrons. The number of aromatic nitrogens is 2. The van der Waals surface area contributed by atoms with Gasteiger partial charge in [-0.25, -0.2) is 0 Å². The summed E-state index contributed by atoms with van der Waals surface area (Å²) in [5.74, 6) is 0.635. The number of aryl methyl sites for hydroxylation is 1. The van der Waals surface area contributed by atoms with Crippen molar-refractivity contribution in [3.05, 3.63) is 76.8 Å². The molecule has 1 fully saturated rings. The molecule has 3 heterocycles. The average Bonchev–Trinajstić information content (AvgIpc) is 3.21. The molecule has 3 aromatic rings. The first kappa shape index (κ1) is 18.8. The maximum atomic E-state index is 6.41. The molecule has 2 aromatic heterocycles. The first-order valence-corrected chi connectivity index (χ1v) is 9.76. The Morgan fingerprint density at radius 3 is 2.61 bits per heavy atom. The summed E-state index contributed by atoms with van der Waals surface area (Å²) in [7, 11) is 3.68. The van der Waals surface area contributed by atoms with Gasteiger partial charge in [0.15, 0.2) is 5.11 Å². The van der Waals surface area contributed by atoms with Crippen molar-refractivity contribution in [3.8, 4) is 5.75 Å². The third-order valence-electron chi connectivity index (χ3n) is 5.23. The lowest BCUT2D eigenvalue weighted by molar-refractivity contribution is 0.415. The van der Waals surface area contributed by atoms with E-state index in [4.69, 9.17) is 28.6 Å². The molecule has 4 rings (SSSR count). The molecule has 0 amide bonds. The maximum absolute atomic E-state index is 6.41. The minimum atomic E-state index is -0.0809. The number of hydrogen-bond acceptors (Lipinski definition) is 3. The van der Waals surface area contributed by atoms with Crippen LogP contribution in [0.4, 0.5) is 5.69 Å². The van der Waals surface area contributed by atoms with E-state index in [-0.39, 0.29) is 12.1 Å². The topological polar surface area (TPSA) is 42.3 Å². The highest BCUT2D eigenvalue weighted by Gasteiger charge is 2.42. The van der Waals surface area contributed by atoms with E-state index in [1.54, 1.807) is 13.3 Å². The van der Waals surface area contributed by atoms with Gasteiger partial charge in [-0.15, -0.1) is 0 Å².